The number of carbonyl (C=O) groups is 1. The van der Waals surface area contributed by atoms with Crippen molar-refractivity contribution in [2.24, 2.45) is 11.7 Å². The Balaban J connectivity index is 4.14. The average molecular weight is 186 g/mol. The van der Waals surface area contributed by atoms with Crippen LogP contribution in [0.4, 0.5) is 0 Å². The highest BCUT2D eigenvalue weighted by Gasteiger charge is 2.18. The van der Waals surface area contributed by atoms with Gasteiger partial charge < -0.3 is 10.6 Å². The molecule has 2 N–H and O–H groups in total. The molecular weight excluding hydrogens is 164 g/mol. The third kappa shape index (κ3) is 4.27. The maximum atomic E-state index is 11.6. The second kappa shape index (κ2) is 5.97. The highest BCUT2D eigenvalue weighted by atomic mass is 16.2. The molecule has 78 valence electrons. The molecule has 0 rings (SSSR count). The topological polar surface area (TPSA) is 46.3 Å². The van der Waals surface area contributed by atoms with Crippen LogP contribution in [-0.4, -0.2) is 29.9 Å². The van der Waals surface area contributed by atoms with E-state index in [1.165, 1.54) is 0 Å². The molecule has 0 saturated carbocycles. The molecule has 0 saturated heterocycles. The van der Waals surface area contributed by atoms with E-state index < -0.39 is 0 Å². The number of amides is 1. The first-order valence-corrected chi connectivity index (χ1v) is 5.07. The van der Waals surface area contributed by atoms with E-state index in [0.717, 1.165) is 13.1 Å². The Bertz CT molecular complexity index is 157. The van der Waals surface area contributed by atoms with Crippen LogP contribution in [0.1, 0.15) is 34.1 Å². The number of nitrogens with zero attached hydrogens (tertiary/aromatic N) is 1. The molecule has 0 aromatic heterocycles. The van der Waals surface area contributed by atoms with Crippen molar-refractivity contribution in [3.05, 3.63) is 0 Å². The van der Waals surface area contributed by atoms with Crippen LogP contribution < -0.4 is 5.73 Å². The smallest absolute Gasteiger partial charge is 0.239 e. The third-order valence-corrected chi connectivity index (χ3v) is 2.04. The molecule has 0 fully saturated rings. The van der Waals surface area contributed by atoms with Gasteiger partial charge in [0.05, 0.1) is 6.04 Å². The third-order valence-electron chi connectivity index (χ3n) is 2.04. The molecule has 0 aromatic rings. The van der Waals surface area contributed by atoms with E-state index in [2.05, 4.69) is 13.8 Å². The zero-order chi connectivity index (χ0) is 10.4. The Kier molecular flexibility index (Phi) is 5.71. The lowest BCUT2D eigenvalue weighted by molar-refractivity contribution is -0.133. The Morgan fingerprint density at radius 2 is 1.92 bits per heavy atom. The average Bonchev–Trinajstić information content (AvgIpc) is 2.11. The minimum Gasteiger partial charge on any atom is -0.341 e. The Hall–Kier alpha value is -0.570. The molecule has 0 heterocycles. The van der Waals surface area contributed by atoms with E-state index in [1.54, 1.807) is 0 Å². The number of carbonyl (C=O) groups excluding carboxylic acids is 1. The van der Waals surface area contributed by atoms with Gasteiger partial charge in [0.2, 0.25) is 5.91 Å². The second-order valence-corrected chi connectivity index (χ2v) is 3.79. The predicted octanol–water partition coefficient (Wildman–Crippen LogP) is 1.23. The first-order chi connectivity index (χ1) is 6.02. The monoisotopic (exact) mass is 186 g/mol. The molecule has 0 unspecified atom stereocenters. The molecule has 13 heavy (non-hydrogen) atoms. The summed E-state index contributed by atoms with van der Waals surface area (Å²) in [7, 11) is 0. The zero-order valence-corrected chi connectivity index (χ0v) is 9.21. The molecule has 3 nitrogen and oxygen atoms in total. The van der Waals surface area contributed by atoms with Crippen molar-refractivity contribution in [3.63, 3.8) is 0 Å². The van der Waals surface area contributed by atoms with Crippen LogP contribution in [0.25, 0.3) is 0 Å². The highest BCUT2D eigenvalue weighted by molar-refractivity contribution is 5.81. The van der Waals surface area contributed by atoms with Gasteiger partial charge in [0.25, 0.3) is 0 Å². The summed E-state index contributed by atoms with van der Waals surface area (Å²) in [6.07, 6.45) is 0.716. The van der Waals surface area contributed by atoms with Crippen molar-refractivity contribution in [1.82, 2.24) is 4.90 Å². The predicted molar refractivity (Wildman–Crippen MR) is 55.4 cm³/mol. The highest BCUT2D eigenvalue weighted by Crippen LogP contribution is 2.02. The first kappa shape index (κ1) is 12.4. The van der Waals surface area contributed by atoms with Crippen LogP contribution >= 0.6 is 0 Å². The van der Waals surface area contributed by atoms with Gasteiger partial charge in [0.1, 0.15) is 0 Å². The molecule has 0 radical (unpaired) electrons. The van der Waals surface area contributed by atoms with E-state index in [9.17, 15) is 4.79 Å². The van der Waals surface area contributed by atoms with Crippen LogP contribution in [0.3, 0.4) is 0 Å². The summed E-state index contributed by atoms with van der Waals surface area (Å²) in [4.78, 5) is 13.5. The van der Waals surface area contributed by atoms with Gasteiger partial charge in [-0.2, -0.15) is 0 Å². The standard InChI is InChI=1S/C10H22N2O/c1-5-9(11)10(13)12(6-2)7-8(3)4/h8-9H,5-7,11H2,1-4H3/t9-/m0/s1. The minimum atomic E-state index is -0.321. The van der Waals surface area contributed by atoms with E-state index in [-0.39, 0.29) is 11.9 Å². The fraction of sp³-hybridized carbons (Fsp3) is 0.900. The van der Waals surface area contributed by atoms with Crippen molar-refractivity contribution < 1.29 is 4.79 Å². The van der Waals surface area contributed by atoms with Crippen molar-refractivity contribution in [2.45, 2.75) is 40.2 Å². The number of nitrogens with two attached hydrogens (primary N) is 1. The van der Waals surface area contributed by atoms with E-state index in [0.29, 0.717) is 12.3 Å². The molecule has 0 aliphatic heterocycles. The van der Waals surface area contributed by atoms with Crippen molar-refractivity contribution in [2.75, 3.05) is 13.1 Å². The van der Waals surface area contributed by atoms with Gasteiger partial charge in [-0.25, -0.2) is 0 Å². The largest absolute Gasteiger partial charge is 0.341 e. The molecule has 3 heteroatoms. The molecule has 0 aliphatic carbocycles. The lowest BCUT2D eigenvalue weighted by atomic mass is 10.1. The summed E-state index contributed by atoms with van der Waals surface area (Å²) < 4.78 is 0. The molecule has 0 bridgehead atoms. The SMILES string of the molecule is CC[C@H](N)C(=O)N(CC)CC(C)C. The normalized spacial score (nSPS) is 13.1. The molecule has 0 spiro atoms. The molecule has 0 aliphatic rings. The fourth-order valence-corrected chi connectivity index (χ4v) is 1.22. The number of hydrogen-bond acceptors (Lipinski definition) is 2. The van der Waals surface area contributed by atoms with Gasteiger partial charge in [-0.1, -0.05) is 20.8 Å². The summed E-state index contributed by atoms with van der Waals surface area (Å²) in [6, 6.07) is -0.321. The summed E-state index contributed by atoms with van der Waals surface area (Å²) in [5, 5.41) is 0. The Morgan fingerprint density at radius 1 is 1.38 bits per heavy atom. The summed E-state index contributed by atoms with van der Waals surface area (Å²) in [6.45, 7) is 9.70. The van der Waals surface area contributed by atoms with Gasteiger partial charge in [-0.3, -0.25) is 4.79 Å². The Labute approximate surface area is 81.3 Å². The van der Waals surface area contributed by atoms with Crippen molar-refractivity contribution in [1.29, 1.82) is 0 Å². The van der Waals surface area contributed by atoms with Gasteiger partial charge in [-0.05, 0) is 19.3 Å². The molecular formula is C10H22N2O. The lowest BCUT2D eigenvalue weighted by Gasteiger charge is -2.25. The van der Waals surface area contributed by atoms with Crippen LogP contribution in [-0.2, 0) is 4.79 Å². The van der Waals surface area contributed by atoms with Crippen LogP contribution in [0.15, 0.2) is 0 Å². The van der Waals surface area contributed by atoms with Gasteiger partial charge in [0.15, 0.2) is 0 Å². The minimum absolute atomic E-state index is 0.0821. The fourth-order valence-electron chi connectivity index (χ4n) is 1.22. The van der Waals surface area contributed by atoms with Gasteiger partial charge >= 0.3 is 0 Å². The maximum Gasteiger partial charge on any atom is 0.239 e. The summed E-state index contributed by atoms with van der Waals surface area (Å²) >= 11 is 0. The van der Waals surface area contributed by atoms with Crippen LogP contribution in [0, 0.1) is 5.92 Å². The summed E-state index contributed by atoms with van der Waals surface area (Å²) in [5.41, 5.74) is 5.68. The second-order valence-electron chi connectivity index (χ2n) is 3.79. The molecule has 1 atom stereocenters. The maximum absolute atomic E-state index is 11.6. The van der Waals surface area contributed by atoms with Gasteiger partial charge in [0, 0.05) is 13.1 Å². The van der Waals surface area contributed by atoms with Crippen molar-refractivity contribution in [3.8, 4) is 0 Å². The molecule has 0 aromatic carbocycles. The van der Waals surface area contributed by atoms with Crippen LogP contribution in [0.5, 0.6) is 0 Å². The summed E-state index contributed by atoms with van der Waals surface area (Å²) in [5.74, 6) is 0.589. The van der Waals surface area contributed by atoms with Gasteiger partial charge in [-0.15, -0.1) is 0 Å². The first-order valence-electron chi connectivity index (χ1n) is 5.07. The number of likely N-dealkylation sites (N-methyl/N-ethyl adjacent to an activating group) is 1. The number of rotatable bonds is 5. The van der Waals surface area contributed by atoms with Crippen molar-refractivity contribution >= 4 is 5.91 Å². The van der Waals surface area contributed by atoms with E-state index >= 15 is 0 Å². The lowest BCUT2D eigenvalue weighted by Crippen LogP contribution is -2.44. The Morgan fingerprint density at radius 3 is 2.23 bits per heavy atom. The van der Waals surface area contributed by atoms with E-state index in [4.69, 9.17) is 5.73 Å². The van der Waals surface area contributed by atoms with E-state index in [1.807, 2.05) is 18.7 Å². The molecule has 1 amide bonds. The zero-order valence-electron chi connectivity index (χ0n) is 9.21. The quantitative estimate of drug-likeness (QED) is 0.702. The van der Waals surface area contributed by atoms with Crippen LogP contribution in [0.2, 0.25) is 0 Å². The number of hydrogen-bond donors (Lipinski definition) is 1.